The molecular weight excluding hydrogens is 573 g/mol. The minimum atomic E-state index is -4.00. The molecule has 1 aromatic carbocycles. The lowest BCUT2D eigenvalue weighted by Gasteiger charge is -2.40. The van der Waals surface area contributed by atoms with Gasteiger partial charge in [-0.25, -0.2) is 21.8 Å². The van der Waals surface area contributed by atoms with Gasteiger partial charge in [0.2, 0.25) is 20.0 Å². The van der Waals surface area contributed by atoms with Gasteiger partial charge in [-0.3, -0.25) is 0 Å². The topological polar surface area (TPSA) is 130 Å². The van der Waals surface area contributed by atoms with Crippen molar-refractivity contribution in [2.45, 2.75) is 70.0 Å². The van der Waals surface area contributed by atoms with Crippen molar-refractivity contribution in [3.8, 4) is 6.07 Å². The van der Waals surface area contributed by atoms with E-state index >= 15 is 0 Å². The second-order valence-electron chi connectivity index (χ2n) is 11.1. The molecule has 0 N–H and O–H groups in total. The summed E-state index contributed by atoms with van der Waals surface area (Å²) in [6.07, 6.45) is 3.05. The van der Waals surface area contributed by atoms with E-state index in [0.717, 1.165) is 35.0 Å². The van der Waals surface area contributed by atoms with Gasteiger partial charge in [-0.1, -0.05) is 12.1 Å². The van der Waals surface area contributed by atoms with E-state index < -0.39 is 25.6 Å². The summed E-state index contributed by atoms with van der Waals surface area (Å²) >= 11 is 1.50. The molecule has 0 bridgehead atoms. The van der Waals surface area contributed by atoms with Crippen LogP contribution in [0.1, 0.15) is 49.9 Å². The summed E-state index contributed by atoms with van der Waals surface area (Å²) in [7, 11) is -8.01. The van der Waals surface area contributed by atoms with Crippen molar-refractivity contribution in [3.05, 3.63) is 46.5 Å². The molecule has 0 radical (unpaired) electrons. The number of hydrogen-bond donors (Lipinski definition) is 0. The van der Waals surface area contributed by atoms with Crippen molar-refractivity contribution in [1.82, 2.24) is 4.98 Å². The molecule has 2 unspecified atom stereocenters. The molecule has 0 saturated carbocycles. The fourth-order valence-electron chi connectivity index (χ4n) is 5.24. The predicted octanol–water partition coefficient (Wildman–Crippen LogP) is 3.48. The molecule has 0 amide bonds. The van der Waals surface area contributed by atoms with Gasteiger partial charge in [0.1, 0.15) is 16.9 Å². The molecule has 3 heterocycles. The van der Waals surface area contributed by atoms with E-state index in [2.05, 4.69) is 11.0 Å². The number of thioether (sulfide) groups is 1. The summed E-state index contributed by atoms with van der Waals surface area (Å²) in [4.78, 5) is 7.25. The van der Waals surface area contributed by atoms with Crippen LogP contribution in [-0.4, -0.2) is 71.0 Å². The summed E-state index contributed by atoms with van der Waals surface area (Å²) in [5.41, 5.74) is 3.12. The average molecular weight is 609 g/mol. The maximum absolute atomic E-state index is 12.1. The van der Waals surface area contributed by atoms with Crippen LogP contribution in [0.25, 0.3) is 0 Å². The Morgan fingerprint density at radius 2 is 1.68 bits per heavy atom. The van der Waals surface area contributed by atoms with Crippen molar-refractivity contribution >= 4 is 43.3 Å². The Labute approximate surface area is 241 Å². The van der Waals surface area contributed by atoms with Gasteiger partial charge in [-0.2, -0.15) is 8.97 Å². The summed E-state index contributed by atoms with van der Waals surface area (Å²) in [5, 5.41) is 10.9. The number of benzene rings is 1. The average Bonchev–Trinajstić information content (AvgIpc) is 2.81. The number of morpholine rings is 1. The highest BCUT2D eigenvalue weighted by atomic mass is 32.3. The van der Waals surface area contributed by atoms with Crippen LogP contribution in [0.3, 0.4) is 0 Å². The Balaban J connectivity index is 1.59. The van der Waals surface area contributed by atoms with Crippen molar-refractivity contribution in [2.24, 2.45) is 0 Å². The molecule has 0 aliphatic carbocycles. The van der Waals surface area contributed by atoms with E-state index in [0.29, 0.717) is 52.6 Å². The Kier molecular flexibility index (Phi) is 8.78. The van der Waals surface area contributed by atoms with Crippen LogP contribution < -0.4 is 8.61 Å². The fraction of sp³-hybridized carbons (Fsp3) is 0.556. The number of sulfonamides is 2. The molecule has 40 heavy (non-hydrogen) atoms. The highest BCUT2D eigenvalue weighted by molar-refractivity contribution is 8.09. The third kappa shape index (κ3) is 6.91. The monoisotopic (exact) mass is 608 g/mol. The van der Waals surface area contributed by atoms with E-state index in [-0.39, 0.29) is 17.9 Å². The molecule has 4 rings (SSSR count). The highest BCUT2D eigenvalue weighted by Gasteiger charge is 2.35. The van der Waals surface area contributed by atoms with Gasteiger partial charge >= 0.3 is 0 Å². The number of nitriles is 1. The maximum atomic E-state index is 12.1. The van der Waals surface area contributed by atoms with Gasteiger partial charge in [0, 0.05) is 30.8 Å². The normalized spacial score (nSPS) is 21.0. The highest BCUT2D eigenvalue weighted by Crippen LogP contribution is 2.39. The number of pyridine rings is 1. The molecule has 1 fully saturated rings. The van der Waals surface area contributed by atoms with E-state index in [9.17, 15) is 22.1 Å². The second kappa shape index (κ2) is 11.5. The molecule has 0 spiro atoms. The van der Waals surface area contributed by atoms with E-state index in [1.165, 1.54) is 23.9 Å². The van der Waals surface area contributed by atoms with Crippen LogP contribution in [0.5, 0.6) is 0 Å². The minimum Gasteiger partial charge on any atom is -0.372 e. The molecule has 1 saturated heterocycles. The first-order valence-corrected chi connectivity index (χ1v) is 17.7. The molecule has 10 nitrogen and oxygen atoms in total. The van der Waals surface area contributed by atoms with Crippen molar-refractivity contribution in [2.75, 3.05) is 40.0 Å². The number of nitrogens with zero attached hydrogens (tertiary/aromatic N) is 4. The van der Waals surface area contributed by atoms with Gasteiger partial charge in [0.05, 0.1) is 48.2 Å². The first-order valence-electron chi connectivity index (χ1n) is 13.0. The molecular formula is C27H36N4O6S3. The number of anilines is 2. The predicted molar refractivity (Wildman–Crippen MR) is 157 cm³/mol. The third-order valence-electron chi connectivity index (χ3n) is 6.78. The maximum Gasteiger partial charge on any atom is 0.245 e. The lowest BCUT2D eigenvalue weighted by atomic mass is 9.89. The molecule has 2 aliphatic heterocycles. The van der Waals surface area contributed by atoms with Crippen LogP contribution in [-0.2, 0) is 49.0 Å². The summed E-state index contributed by atoms with van der Waals surface area (Å²) < 4.78 is 60.8. The number of aromatic nitrogens is 1. The van der Waals surface area contributed by atoms with Crippen LogP contribution in [0.4, 0.5) is 11.5 Å². The van der Waals surface area contributed by atoms with Crippen LogP contribution in [0.2, 0.25) is 0 Å². The molecule has 2 aromatic rings. The largest absolute Gasteiger partial charge is 0.372 e. The SMILES string of the molecule is CC1CN(c2nc(SCCc3ccc(N(S(C)(=O)=O)S(C)(=O)=O)cc3)c(C#N)c3c2COC(C)(C)C3)CC(C)O1. The van der Waals surface area contributed by atoms with Crippen molar-refractivity contribution in [1.29, 1.82) is 5.26 Å². The molecule has 2 aliphatic rings. The molecule has 2 atom stereocenters. The summed E-state index contributed by atoms with van der Waals surface area (Å²) in [5.74, 6) is 1.47. The third-order valence-corrected chi connectivity index (χ3v) is 11.0. The lowest BCUT2D eigenvalue weighted by Crippen LogP contribution is -2.47. The first-order chi connectivity index (χ1) is 18.6. The molecule has 13 heteroatoms. The lowest BCUT2D eigenvalue weighted by molar-refractivity contribution is -0.0407. The van der Waals surface area contributed by atoms with Crippen LogP contribution in [0.15, 0.2) is 29.3 Å². The second-order valence-corrected chi connectivity index (χ2v) is 16.0. The first kappa shape index (κ1) is 30.6. The Hall–Kier alpha value is -2.37. The van der Waals surface area contributed by atoms with Crippen molar-refractivity contribution in [3.63, 3.8) is 0 Å². The van der Waals surface area contributed by atoms with Gasteiger partial charge < -0.3 is 14.4 Å². The number of fused-ring (bicyclic) bond motifs is 1. The van der Waals surface area contributed by atoms with E-state index in [1.807, 2.05) is 27.7 Å². The summed E-state index contributed by atoms with van der Waals surface area (Å²) in [6, 6.07) is 8.81. The smallest absolute Gasteiger partial charge is 0.245 e. The minimum absolute atomic E-state index is 0.0539. The number of ether oxygens (including phenoxy) is 2. The summed E-state index contributed by atoms with van der Waals surface area (Å²) in [6.45, 7) is 9.95. The van der Waals surface area contributed by atoms with Gasteiger partial charge in [0.15, 0.2) is 0 Å². The number of hydrogen-bond acceptors (Lipinski definition) is 10. The zero-order chi connectivity index (χ0) is 29.5. The Morgan fingerprint density at radius 1 is 1.07 bits per heavy atom. The van der Waals surface area contributed by atoms with Gasteiger partial charge in [-0.15, -0.1) is 11.8 Å². The quantitative estimate of drug-likeness (QED) is 0.411. The Morgan fingerprint density at radius 3 is 2.23 bits per heavy atom. The van der Waals surface area contributed by atoms with Crippen LogP contribution >= 0.6 is 11.8 Å². The molecule has 1 aromatic heterocycles. The standard InChI is InChI=1S/C27H36N4O6S3/c1-18-15-30(16-19(2)37-18)25-24-17-36-27(3,4)13-22(24)23(14-28)26(29-25)38-12-11-20-7-9-21(10-8-20)31(39(5,32)33)40(6,34)35/h7-10,18-19H,11-13,15-17H2,1-6H3. The zero-order valence-corrected chi connectivity index (χ0v) is 26.1. The Bertz CT molecular complexity index is 1480. The number of rotatable bonds is 8. The number of aryl methyl sites for hydroxylation is 1. The van der Waals surface area contributed by atoms with Gasteiger partial charge in [0.25, 0.3) is 0 Å². The van der Waals surface area contributed by atoms with E-state index in [1.54, 1.807) is 12.1 Å². The molecule has 218 valence electrons. The van der Waals surface area contributed by atoms with Crippen LogP contribution in [0, 0.1) is 11.3 Å². The zero-order valence-electron chi connectivity index (χ0n) is 23.7. The fourth-order valence-corrected chi connectivity index (χ4v) is 9.21. The van der Waals surface area contributed by atoms with Crippen molar-refractivity contribution < 1.29 is 26.3 Å². The van der Waals surface area contributed by atoms with Gasteiger partial charge in [-0.05, 0) is 57.4 Å². The van der Waals surface area contributed by atoms with E-state index in [4.69, 9.17) is 14.5 Å².